The molecule has 1 saturated heterocycles. The van der Waals surface area contributed by atoms with E-state index < -0.39 is 16.9 Å². The van der Waals surface area contributed by atoms with E-state index >= 15 is 0 Å². The monoisotopic (exact) mass is 398 g/mol. The first-order chi connectivity index (χ1) is 13.8. The highest BCUT2D eigenvalue weighted by Gasteiger charge is 2.65. The van der Waals surface area contributed by atoms with E-state index in [4.69, 9.17) is 0 Å². The molecular formula is C23H30N2O4. The molecule has 0 unspecified atom stereocenters. The number of carbonyl (C=O) groups excluding carboxylic acids is 2. The van der Waals surface area contributed by atoms with Crippen LogP contribution in [0, 0.1) is 18.8 Å². The van der Waals surface area contributed by atoms with Gasteiger partial charge in [0, 0.05) is 36.8 Å². The summed E-state index contributed by atoms with van der Waals surface area (Å²) in [7, 11) is 0. The van der Waals surface area contributed by atoms with Crippen LogP contribution in [0.15, 0.2) is 12.1 Å². The van der Waals surface area contributed by atoms with Gasteiger partial charge in [0.15, 0.2) is 0 Å². The van der Waals surface area contributed by atoms with Gasteiger partial charge in [-0.15, -0.1) is 0 Å². The van der Waals surface area contributed by atoms with Crippen LogP contribution in [-0.2, 0) is 21.4 Å². The normalized spacial score (nSPS) is 35.6. The average Bonchev–Trinajstić information content (AvgIpc) is 3.46. The number of rotatable bonds is 4. The van der Waals surface area contributed by atoms with Crippen molar-refractivity contribution >= 4 is 11.7 Å². The quantitative estimate of drug-likeness (QED) is 0.616. The number of aliphatic hydroxyl groups is 1. The van der Waals surface area contributed by atoms with Gasteiger partial charge in [-0.3, -0.25) is 9.59 Å². The topological polar surface area (TPSA) is 98.7 Å². The van der Waals surface area contributed by atoms with Crippen LogP contribution in [0.2, 0.25) is 0 Å². The predicted molar refractivity (Wildman–Crippen MR) is 108 cm³/mol. The largest absolute Gasteiger partial charge is 0.508 e. The van der Waals surface area contributed by atoms with Gasteiger partial charge in [-0.05, 0) is 80.3 Å². The minimum absolute atomic E-state index is 0.0609. The molecule has 1 aromatic rings. The molecule has 0 radical (unpaired) electrons. The Balaban J connectivity index is 1.46. The number of amides is 1. The third kappa shape index (κ3) is 2.91. The SMILES string of the molecule is Cc1cc(O)cc2c1C[C@H]1NCC[C@@]23CC(=O)[C@@H](CC(=O)NCC2CC2)C[C@@]13O. The first-order valence-electron chi connectivity index (χ1n) is 10.9. The average molecular weight is 399 g/mol. The summed E-state index contributed by atoms with van der Waals surface area (Å²) in [6.45, 7) is 3.41. The van der Waals surface area contributed by atoms with Crippen molar-refractivity contribution in [3.8, 4) is 5.75 Å². The van der Waals surface area contributed by atoms with E-state index in [-0.39, 0.29) is 36.3 Å². The van der Waals surface area contributed by atoms with Gasteiger partial charge in [-0.25, -0.2) is 0 Å². The van der Waals surface area contributed by atoms with E-state index in [1.54, 1.807) is 12.1 Å². The Labute approximate surface area is 171 Å². The Morgan fingerprint density at radius 1 is 1.34 bits per heavy atom. The molecular weight excluding hydrogens is 368 g/mol. The molecule has 29 heavy (non-hydrogen) atoms. The van der Waals surface area contributed by atoms with Crippen molar-refractivity contribution in [2.45, 2.75) is 68.9 Å². The molecule has 1 amide bonds. The van der Waals surface area contributed by atoms with Crippen molar-refractivity contribution in [2.24, 2.45) is 11.8 Å². The van der Waals surface area contributed by atoms with Gasteiger partial charge in [0.1, 0.15) is 11.5 Å². The smallest absolute Gasteiger partial charge is 0.220 e. The summed E-state index contributed by atoms with van der Waals surface area (Å²) in [6, 6.07) is 3.37. The number of carbonyl (C=O) groups is 2. The van der Waals surface area contributed by atoms with E-state index in [1.807, 2.05) is 6.92 Å². The Morgan fingerprint density at radius 2 is 2.14 bits per heavy atom. The van der Waals surface area contributed by atoms with E-state index in [2.05, 4.69) is 10.6 Å². The zero-order chi connectivity index (χ0) is 20.4. The number of ketones is 1. The maximum atomic E-state index is 13.2. The van der Waals surface area contributed by atoms with Gasteiger partial charge in [0.05, 0.1) is 5.60 Å². The second-order valence-corrected chi connectivity index (χ2v) is 9.75. The van der Waals surface area contributed by atoms with Gasteiger partial charge in [0.25, 0.3) is 0 Å². The maximum absolute atomic E-state index is 13.2. The number of piperidine rings is 1. The summed E-state index contributed by atoms with van der Waals surface area (Å²) in [6.07, 6.45) is 4.36. The summed E-state index contributed by atoms with van der Waals surface area (Å²) < 4.78 is 0. The Bertz CT molecular complexity index is 880. The first kappa shape index (κ1) is 19.1. The second kappa shape index (κ2) is 6.54. The van der Waals surface area contributed by atoms with E-state index in [9.17, 15) is 19.8 Å². The van der Waals surface area contributed by atoms with Crippen LogP contribution in [0.5, 0.6) is 5.75 Å². The molecule has 2 bridgehead atoms. The third-order valence-electron chi connectivity index (χ3n) is 7.93. The van der Waals surface area contributed by atoms with Crippen molar-refractivity contribution in [1.29, 1.82) is 0 Å². The fraction of sp³-hybridized carbons (Fsp3) is 0.652. The molecule has 1 heterocycles. The third-order valence-corrected chi connectivity index (χ3v) is 7.93. The summed E-state index contributed by atoms with van der Waals surface area (Å²) >= 11 is 0. The zero-order valence-electron chi connectivity index (χ0n) is 17.0. The number of hydrogen-bond donors (Lipinski definition) is 4. The van der Waals surface area contributed by atoms with Gasteiger partial charge < -0.3 is 20.8 Å². The minimum Gasteiger partial charge on any atom is -0.508 e. The fourth-order valence-corrected chi connectivity index (χ4v) is 6.16. The number of nitrogens with one attached hydrogen (secondary N) is 2. The lowest BCUT2D eigenvalue weighted by molar-refractivity contribution is -0.160. The molecule has 2 saturated carbocycles. The fourth-order valence-electron chi connectivity index (χ4n) is 6.16. The van der Waals surface area contributed by atoms with Crippen molar-refractivity contribution < 1.29 is 19.8 Å². The van der Waals surface area contributed by atoms with Crippen LogP contribution in [0.1, 0.15) is 55.2 Å². The molecule has 156 valence electrons. The zero-order valence-corrected chi connectivity index (χ0v) is 17.0. The lowest BCUT2D eigenvalue weighted by Gasteiger charge is -2.62. The number of fused-ring (bicyclic) bond motifs is 1. The summed E-state index contributed by atoms with van der Waals surface area (Å²) in [5.74, 6) is 0.310. The molecule has 6 heteroatoms. The molecule has 1 aromatic carbocycles. The number of benzene rings is 1. The van der Waals surface area contributed by atoms with Gasteiger partial charge in [-0.1, -0.05) is 0 Å². The predicted octanol–water partition coefficient (Wildman–Crippen LogP) is 1.48. The highest BCUT2D eigenvalue weighted by molar-refractivity contribution is 5.89. The molecule has 0 aromatic heterocycles. The highest BCUT2D eigenvalue weighted by atomic mass is 16.3. The number of phenolic OH excluding ortho intramolecular Hbond substituents is 1. The molecule has 3 fully saturated rings. The Hall–Kier alpha value is -1.92. The van der Waals surface area contributed by atoms with Crippen LogP contribution in [0.3, 0.4) is 0 Å². The molecule has 4 N–H and O–H groups in total. The van der Waals surface area contributed by atoms with Crippen LogP contribution < -0.4 is 10.6 Å². The molecule has 4 aliphatic rings. The molecule has 4 atom stereocenters. The number of aryl methyl sites for hydroxylation is 1. The van der Waals surface area contributed by atoms with Crippen LogP contribution in [0.4, 0.5) is 0 Å². The Morgan fingerprint density at radius 3 is 2.90 bits per heavy atom. The molecule has 6 nitrogen and oxygen atoms in total. The van der Waals surface area contributed by atoms with E-state index in [0.717, 1.165) is 23.2 Å². The maximum Gasteiger partial charge on any atom is 0.220 e. The lowest BCUT2D eigenvalue weighted by Crippen LogP contribution is -2.73. The number of Topliss-reactive ketones (excluding diaryl/α,β-unsaturated/α-hetero) is 1. The molecule has 5 rings (SSSR count). The summed E-state index contributed by atoms with van der Waals surface area (Å²) in [5.41, 5.74) is 1.30. The lowest BCUT2D eigenvalue weighted by atomic mass is 9.48. The first-order valence-corrected chi connectivity index (χ1v) is 10.9. The number of phenols is 1. The van der Waals surface area contributed by atoms with Crippen LogP contribution in [-0.4, -0.2) is 46.6 Å². The standard InChI is InChI=1S/C23H30N2O4/c1-13-6-16(26)8-18-17(13)9-20-23(29)10-15(7-21(28)25-12-14-2-3-14)19(27)11-22(18,23)4-5-24-20/h6,8,14-15,20,24,26,29H,2-5,7,9-12H2,1H3,(H,25,28)/t15-,20+,22+,23+/m0/s1. The van der Waals surface area contributed by atoms with Gasteiger partial charge >= 0.3 is 0 Å². The highest BCUT2D eigenvalue weighted by Crippen LogP contribution is 2.57. The van der Waals surface area contributed by atoms with Crippen LogP contribution >= 0.6 is 0 Å². The van der Waals surface area contributed by atoms with E-state index in [0.29, 0.717) is 31.7 Å². The van der Waals surface area contributed by atoms with Crippen molar-refractivity contribution in [3.05, 3.63) is 28.8 Å². The summed E-state index contributed by atoms with van der Waals surface area (Å²) in [5, 5.41) is 28.7. The van der Waals surface area contributed by atoms with Crippen molar-refractivity contribution in [3.63, 3.8) is 0 Å². The van der Waals surface area contributed by atoms with E-state index in [1.165, 1.54) is 12.8 Å². The minimum atomic E-state index is -1.09. The summed E-state index contributed by atoms with van der Waals surface area (Å²) in [4.78, 5) is 25.6. The number of aromatic hydroxyl groups is 1. The number of hydrogen-bond acceptors (Lipinski definition) is 5. The van der Waals surface area contributed by atoms with Gasteiger partial charge in [-0.2, -0.15) is 0 Å². The second-order valence-electron chi connectivity index (χ2n) is 9.75. The molecule has 0 spiro atoms. The van der Waals surface area contributed by atoms with Crippen LogP contribution in [0.25, 0.3) is 0 Å². The van der Waals surface area contributed by atoms with Gasteiger partial charge in [0.2, 0.25) is 5.91 Å². The molecule has 1 aliphatic heterocycles. The van der Waals surface area contributed by atoms with Crippen molar-refractivity contribution in [2.75, 3.05) is 13.1 Å². The van der Waals surface area contributed by atoms with Crippen molar-refractivity contribution in [1.82, 2.24) is 10.6 Å². The Kier molecular flexibility index (Phi) is 4.30. The molecule has 3 aliphatic carbocycles.